The quantitative estimate of drug-likeness (QED) is 0.278. The minimum atomic E-state index is -1.68. The van der Waals surface area contributed by atoms with E-state index in [-0.39, 0.29) is 5.97 Å². The summed E-state index contributed by atoms with van der Waals surface area (Å²) in [6.45, 7) is 18.3. The van der Waals surface area contributed by atoms with Crippen LogP contribution in [0.3, 0.4) is 0 Å². The van der Waals surface area contributed by atoms with Gasteiger partial charge in [0.15, 0.2) is 16.6 Å². The Kier molecular flexibility index (Phi) is 7.94. The fourth-order valence-corrected chi connectivity index (χ4v) is 3.05. The van der Waals surface area contributed by atoms with E-state index in [1.807, 2.05) is 0 Å². The van der Waals surface area contributed by atoms with Gasteiger partial charge in [0.05, 0.1) is 6.61 Å². The summed E-state index contributed by atoms with van der Waals surface area (Å²) in [7, 11) is -3.36. The molecule has 0 spiro atoms. The molecular weight excluding hydrogens is 288 g/mol. The fourth-order valence-electron chi connectivity index (χ4n) is 1.31. The van der Waals surface area contributed by atoms with Crippen LogP contribution in [0.4, 0.5) is 0 Å². The second-order valence-electron chi connectivity index (χ2n) is 6.82. The van der Waals surface area contributed by atoms with Crippen LogP contribution in [0.2, 0.25) is 39.3 Å². The lowest BCUT2D eigenvalue weighted by atomic mass is 10.3. The maximum absolute atomic E-state index is 11.3. The van der Waals surface area contributed by atoms with Crippen molar-refractivity contribution in [2.75, 3.05) is 6.61 Å². The molecule has 1 radical (unpaired) electrons. The maximum atomic E-state index is 11.3. The van der Waals surface area contributed by atoms with Crippen LogP contribution in [0.1, 0.15) is 19.8 Å². The molecule has 0 aliphatic heterocycles. The van der Waals surface area contributed by atoms with Crippen LogP contribution in [0, 0.1) is 6.29 Å². The summed E-state index contributed by atoms with van der Waals surface area (Å²) in [5.41, 5.74) is 0.422. The third-order valence-electron chi connectivity index (χ3n) is 1.95. The van der Waals surface area contributed by atoms with E-state index in [0.29, 0.717) is 31.3 Å². The minimum absolute atomic E-state index is 0.344. The van der Waals surface area contributed by atoms with Gasteiger partial charge in [-0.1, -0.05) is 6.58 Å². The summed E-state index contributed by atoms with van der Waals surface area (Å²) in [5.74, 6) is -0.344. The highest BCUT2D eigenvalue weighted by atomic mass is 28.4. The number of esters is 1. The van der Waals surface area contributed by atoms with Gasteiger partial charge >= 0.3 is 5.97 Å². The van der Waals surface area contributed by atoms with Crippen LogP contribution in [0.25, 0.3) is 0 Å². The van der Waals surface area contributed by atoms with Gasteiger partial charge < -0.3 is 13.6 Å². The molecule has 0 aromatic carbocycles. The summed E-state index contributed by atoms with van der Waals surface area (Å²) in [5, 5.41) is 0. The molecule has 0 saturated carbocycles. The van der Waals surface area contributed by atoms with Crippen molar-refractivity contribution in [1.82, 2.24) is 0 Å². The highest BCUT2D eigenvalue weighted by Gasteiger charge is 2.28. The first kappa shape index (κ1) is 19.6. The first-order valence-electron chi connectivity index (χ1n) is 6.97. The zero-order chi connectivity index (χ0) is 16.0. The highest BCUT2D eigenvalue weighted by molar-refractivity contribution is 6.71. The lowest BCUT2D eigenvalue weighted by Gasteiger charge is -2.30. The molecule has 0 unspecified atom stereocenters. The fraction of sp³-hybridized carbons (Fsp3) is 0.714. The van der Waals surface area contributed by atoms with Crippen molar-refractivity contribution >= 4 is 22.6 Å². The Morgan fingerprint density at radius 2 is 1.45 bits per heavy atom. The molecule has 0 saturated heterocycles. The Labute approximate surface area is 125 Å². The Balaban J connectivity index is 4.23. The van der Waals surface area contributed by atoms with Crippen LogP contribution in [-0.2, 0) is 18.4 Å². The average molecular weight is 318 g/mol. The molecule has 4 nitrogen and oxygen atoms in total. The van der Waals surface area contributed by atoms with Crippen molar-refractivity contribution in [2.45, 2.75) is 59.0 Å². The maximum Gasteiger partial charge on any atom is 0.333 e. The molecule has 0 atom stereocenters. The molecule has 0 bridgehead atoms. The minimum Gasteiger partial charge on any atom is -0.462 e. The number of carbonyl (C=O) groups excluding carboxylic acids is 1. The van der Waals surface area contributed by atoms with Crippen LogP contribution >= 0.6 is 0 Å². The molecule has 0 heterocycles. The van der Waals surface area contributed by atoms with Crippen molar-refractivity contribution in [3.63, 3.8) is 0 Å². The van der Waals surface area contributed by atoms with Gasteiger partial charge in [-0.3, -0.25) is 0 Å². The molecule has 6 heteroatoms. The van der Waals surface area contributed by atoms with Crippen LogP contribution < -0.4 is 0 Å². The number of rotatable bonds is 9. The number of carbonyl (C=O) groups is 1. The van der Waals surface area contributed by atoms with Crippen LogP contribution in [0.5, 0.6) is 0 Å². The first-order valence-corrected chi connectivity index (χ1v) is 13.8. The predicted octanol–water partition coefficient (Wildman–Crippen LogP) is 4.08. The Hall–Kier alpha value is -0.436. The van der Waals surface area contributed by atoms with Gasteiger partial charge in [-0.25, -0.2) is 4.79 Å². The van der Waals surface area contributed by atoms with E-state index >= 15 is 0 Å². The Bertz CT molecular complexity index is 313. The lowest BCUT2D eigenvalue weighted by Crippen LogP contribution is -2.35. The number of hydrogen-bond donors (Lipinski definition) is 0. The molecule has 20 heavy (non-hydrogen) atoms. The van der Waals surface area contributed by atoms with Crippen molar-refractivity contribution in [1.29, 1.82) is 0 Å². The molecule has 0 aromatic rings. The first-order chi connectivity index (χ1) is 8.91. The smallest absolute Gasteiger partial charge is 0.333 e. The Morgan fingerprint density at radius 3 is 1.80 bits per heavy atom. The average Bonchev–Trinajstić information content (AvgIpc) is 2.18. The molecule has 0 fully saturated rings. The molecule has 0 rings (SSSR count). The second kappa shape index (κ2) is 8.12. The van der Waals surface area contributed by atoms with Crippen LogP contribution in [-0.4, -0.2) is 29.2 Å². The topological polar surface area (TPSA) is 44.8 Å². The summed E-state index contributed by atoms with van der Waals surface area (Å²) in [6.07, 6.45) is 2.07. The van der Waals surface area contributed by atoms with E-state index in [4.69, 9.17) is 13.6 Å². The predicted molar refractivity (Wildman–Crippen MR) is 87.1 cm³/mol. The molecule has 0 aliphatic rings. The standard InChI is InChI=1S/C14H29O4Si2/c1-12(2)14(15)16-11-9-10-13(17-19(3,4)5)18-20(6,7)8/h1,9-11H2,2-8H3. The van der Waals surface area contributed by atoms with Crippen molar-refractivity contribution in [3.8, 4) is 0 Å². The number of ether oxygens (including phenoxy) is 1. The van der Waals surface area contributed by atoms with Gasteiger partial charge in [-0.2, -0.15) is 0 Å². The van der Waals surface area contributed by atoms with E-state index in [9.17, 15) is 4.79 Å². The largest absolute Gasteiger partial charge is 0.462 e. The highest BCUT2D eigenvalue weighted by Crippen LogP contribution is 2.23. The summed E-state index contributed by atoms with van der Waals surface area (Å²) < 4.78 is 17.0. The van der Waals surface area contributed by atoms with Gasteiger partial charge in [0.2, 0.25) is 6.29 Å². The van der Waals surface area contributed by atoms with Gasteiger partial charge in [0.25, 0.3) is 0 Å². The summed E-state index contributed by atoms with van der Waals surface area (Å²) in [4.78, 5) is 11.3. The molecule has 0 aliphatic carbocycles. The summed E-state index contributed by atoms with van der Waals surface area (Å²) in [6, 6.07) is 0. The lowest BCUT2D eigenvalue weighted by molar-refractivity contribution is -0.139. The van der Waals surface area contributed by atoms with Gasteiger partial charge in [-0.15, -0.1) is 0 Å². The molecule has 0 aromatic heterocycles. The van der Waals surface area contributed by atoms with E-state index in [1.54, 1.807) is 6.92 Å². The normalized spacial score (nSPS) is 12.6. The molecule has 0 N–H and O–H groups in total. The molecular formula is C14H29O4Si2. The van der Waals surface area contributed by atoms with Gasteiger partial charge in [0, 0.05) is 12.0 Å². The third-order valence-corrected chi connectivity index (χ3v) is 3.63. The second-order valence-corrected chi connectivity index (χ2v) is 15.7. The van der Waals surface area contributed by atoms with Gasteiger partial charge in [-0.05, 0) is 52.6 Å². The third kappa shape index (κ3) is 11.4. The van der Waals surface area contributed by atoms with E-state index in [2.05, 4.69) is 45.9 Å². The van der Waals surface area contributed by atoms with Crippen LogP contribution in [0.15, 0.2) is 12.2 Å². The zero-order valence-electron chi connectivity index (χ0n) is 14.0. The van der Waals surface area contributed by atoms with Crippen molar-refractivity contribution in [3.05, 3.63) is 18.4 Å². The van der Waals surface area contributed by atoms with Crippen molar-refractivity contribution in [2.24, 2.45) is 0 Å². The number of hydrogen-bond acceptors (Lipinski definition) is 4. The SMILES string of the molecule is C=C(C)C(=O)OCCC[C](O[Si](C)(C)C)O[Si](C)(C)C. The monoisotopic (exact) mass is 317 g/mol. The van der Waals surface area contributed by atoms with E-state index in [1.165, 1.54) is 0 Å². The molecule has 0 amide bonds. The summed E-state index contributed by atoms with van der Waals surface area (Å²) >= 11 is 0. The van der Waals surface area contributed by atoms with E-state index < -0.39 is 16.6 Å². The molecule has 117 valence electrons. The van der Waals surface area contributed by atoms with Gasteiger partial charge in [0.1, 0.15) is 0 Å². The van der Waals surface area contributed by atoms with E-state index in [0.717, 1.165) is 0 Å². The Morgan fingerprint density at radius 1 is 1.00 bits per heavy atom. The zero-order valence-corrected chi connectivity index (χ0v) is 16.0. The van der Waals surface area contributed by atoms with Crippen molar-refractivity contribution < 1.29 is 18.4 Å².